The minimum absolute atomic E-state index is 0.0359. The fourth-order valence-electron chi connectivity index (χ4n) is 1.40. The standard InChI is InChI=1S/C12H17Cl3O3/c1-2-12(15,8-16)11(18)7-9(14)6-10(17)4-3-5-13/h8-9H,2-7H2,1H3. The van der Waals surface area contributed by atoms with Crippen LogP contribution in [0, 0.1) is 0 Å². The highest BCUT2D eigenvalue weighted by atomic mass is 35.5. The summed E-state index contributed by atoms with van der Waals surface area (Å²) >= 11 is 17.2. The first kappa shape index (κ1) is 17.9. The molecule has 0 aromatic rings. The summed E-state index contributed by atoms with van der Waals surface area (Å²) in [6.07, 6.45) is 1.61. The van der Waals surface area contributed by atoms with Gasteiger partial charge >= 0.3 is 0 Å². The quantitative estimate of drug-likeness (QED) is 0.353. The van der Waals surface area contributed by atoms with Gasteiger partial charge in [0.1, 0.15) is 12.1 Å². The maximum absolute atomic E-state index is 11.8. The number of halogens is 3. The van der Waals surface area contributed by atoms with Crippen LogP contribution in [0.5, 0.6) is 0 Å². The first-order valence-corrected chi connectivity index (χ1v) is 7.14. The van der Waals surface area contributed by atoms with E-state index in [1.807, 2.05) is 0 Å². The molecule has 0 aromatic carbocycles. The predicted molar refractivity (Wildman–Crippen MR) is 73.8 cm³/mol. The van der Waals surface area contributed by atoms with Crippen molar-refractivity contribution in [2.75, 3.05) is 5.88 Å². The van der Waals surface area contributed by atoms with Crippen molar-refractivity contribution in [3.63, 3.8) is 0 Å². The van der Waals surface area contributed by atoms with Crippen molar-refractivity contribution >= 4 is 52.7 Å². The van der Waals surface area contributed by atoms with Crippen LogP contribution in [-0.4, -0.2) is 34.0 Å². The molecule has 18 heavy (non-hydrogen) atoms. The number of alkyl halides is 3. The Labute approximate surface area is 122 Å². The molecular weight excluding hydrogens is 298 g/mol. The first-order chi connectivity index (χ1) is 8.39. The average molecular weight is 316 g/mol. The lowest BCUT2D eigenvalue weighted by molar-refractivity contribution is -0.125. The van der Waals surface area contributed by atoms with E-state index in [0.29, 0.717) is 25.0 Å². The third kappa shape index (κ3) is 6.17. The Bertz CT molecular complexity index is 307. The monoisotopic (exact) mass is 314 g/mol. The molecule has 0 amide bonds. The fourth-order valence-corrected chi connectivity index (χ4v) is 1.93. The van der Waals surface area contributed by atoms with Crippen molar-refractivity contribution in [1.29, 1.82) is 0 Å². The first-order valence-electron chi connectivity index (χ1n) is 5.79. The second-order valence-electron chi connectivity index (χ2n) is 4.09. The highest BCUT2D eigenvalue weighted by Gasteiger charge is 2.34. The number of Topliss-reactive ketones (excluding diaryl/α,β-unsaturated/α-hetero) is 2. The zero-order valence-corrected chi connectivity index (χ0v) is 12.5. The van der Waals surface area contributed by atoms with Crippen molar-refractivity contribution in [3.8, 4) is 0 Å². The number of hydrogen-bond acceptors (Lipinski definition) is 3. The molecule has 0 saturated carbocycles. The lowest BCUT2D eigenvalue weighted by atomic mass is 9.96. The van der Waals surface area contributed by atoms with E-state index < -0.39 is 16.0 Å². The van der Waals surface area contributed by atoms with Crippen molar-refractivity contribution in [2.45, 2.75) is 49.3 Å². The van der Waals surface area contributed by atoms with Crippen LogP contribution in [0.1, 0.15) is 39.0 Å². The summed E-state index contributed by atoms with van der Waals surface area (Å²) in [5.74, 6) is -0.0540. The third-order valence-electron chi connectivity index (χ3n) is 2.61. The third-order valence-corrected chi connectivity index (χ3v) is 3.75. The second kappa shape index (κ2) is 8.89. The predicted octanol–water partition coefficient (Wildman–Crippen LogP) is 3.12. The maximum atomic E-state index is 11.8. The van der Waals surface area contributed by atoms with Crippen LogP contribution in [0.15, 0.2) is 0 Å². The van der Waals surface area contributed by atoms with Crippen LogP contribution in [-0.2, 0) is 14.4 Å². The Morgan fingerprint density at radius 1 is 1.33 bits per heavy atom. The molecule has 104 valence electrons. The second-order valence-corrected chi connectivity index (χ2v) is 5.76. The van der Waals surface area contributed by atoms with E-state index in [2.05, 4.69) is 0 Å². The van der Waals surface area contributed by atoms with Gasteiger partial charge in [-0.3, -0.25) is 9.59 Å². The molecule has 2 atom stereocenters. The topological polar surface area (TPSA) is 51.2 Å². The summed E-state index contributed by atoms with van der Waals surface area (Å²) < 4.78 is 0. The Kier molecular flexibility index (Phi) is 8.83. The van der Waals surface area contributed by atoms with Crippen LogP contribution < -0.4 is 0 Å². The van der Waals surface area contributed by atoms with Gasteiger partial charge in [-0.1, -0.05) is 6.92 Å². The van der Waals surface area contributed by atoms with Crippen molar-refractivity contribution < 1.29 is 14.4 Å². The largest absolute Gasteiger partial charge is 0.301 e. The number of carbonyl (C=O) groups is 3. The zero-order valence-electron chi connectivity index (χ0n) is 10.3. The minimum atomic E-state index is -1.51. The Hall–Kier alpha value is -0.120. The molecule has 2 unspecified atom stereocenters. The van der Waals surface area contributed by atoms with Gasteiger partial charge in [-0.05, 0) is 12.8 Å². The Morgan fingerprint density at radius 2 is 1.94 bits per heavy atom. The van der Waals surface area contributed by atoms with Gasteiger partial charge in [-0.15, -0.1) is 34.8 Å². The molecular formula is C12H17Cl3O3. The van der Waals surface area contributed by atoms with Crippen LogP contribution >= 0.6 is 34.8 Å². The highest BCUT2D eigenvalue weighted by Crippen LogP contribution is 2.23. The summed E-state index contributed by atoms with van der Waals surface area (Å²) in [5, 5.41) is -0.620. The Morgan fingerprint density at radius 3 is 2.39 bits per heavy atom. The molecule has 0 aliphatic rings. The van der Waals surface area contributed by atoms with E-state index in [9.17, 15) is 14.4 Å². The smallest absolute Gasteiger partial charge is 0.162 e. The average Bonchev–Trinajstić information content (AvgIpc) is 2.34. The number of aldehydes is 1. The molecule has 6 heteroatoms. The molecule has 0 fully saturated rings. The number of rotatable bonds is 10. The van der Waals surface area contributed by atoms with Gasteiger partial charge in [-0.2, -0.15) is 0 Å². The molecule has 0 N–H and O–H groups in total. The molecule has 0 spiro atoms. The van der Waals surface area contributed by atoms with Crippen LogP contribution in [0.2, 0.25) is 0 Å². The maximum Gasteiger partial charge on any atom is 0.162 e. The van der Waals surface area contributed by atoms with Crippen LogP contribution in [0.25, 0.3) is 0 Å². The van der Waals surface area contributed by atoms with Gasteiger partial charge in [-0.25, -0.2) is 0 Å². The summed E-state index contributed by atoms with van der Waals surface area (Å²) in [7, 11) is 0. The minimum Gasteiger partial charge on any atom is -0.301 e. The molecule has 0 aliphatic carbocycles. The molecule has 3 nitrogen and oxygen atoms in total. The number of ketones is 2. The zero-order chi connectivity index (χ0) is 14.2. The summed E-state index contributed by atoms with van der Waals surface area (Å²) in [4.78, 5) is 32.4. The van der Waals surface area contributed by atoms with Crippen LogP contribution in [0.4, 0.5) is 0 Å². The lowest BCUT2D eigenvalue weighted by Crippen LogP contribution is -2.35. The normalized spacial score (nSPS) is 15.8. The van der Waals surface area contributed by atoms with E-state index >= 15 is 0 Å². The Balaban J connectivity index is 4.23. The van der Waals surface area contributed by atoms with E-state index in [-0.39, 0.29) is 25.0 Å². The van der Waals surface area contributed by atoms with Gasteiger partial charge in [0, 0.05) is 30.5 Å². The number of hydrogen-bond donors (Lipinski definition) is 0. The van der Waals surface area contributed by atoms with E-state index in [1.54, 1.807) is 6.92 Å². The molecule has 0 bridgehead atoms. The lowest BCUT2D eigenvalue weighted by Gasteiger charge is -2.18. The molecule has 0 heterocycles. The van der Waals surface area contributed by atoms with Gasteiger partial charge in [0.2, 0.25) is 0 Å². The van der Waals surface area contributed by atoms with Crippen molar-refractivity contribution in [1.82, 2.24) is 0 Å². The van der Waals surface area contributed by atoms with E-state index in [0.717, 1.165) is 0 Å². The number of carbonyl (C=O) groups excluding carboxylic acids is 3. The molecule has 0 aliphatic heterocycles. The van der Waals surface area contributed by atoms with E-state index in [1.165, 1.54) is 0 Å². The molecule has 0 radical (unpaired) electrons. The van der Waals surface area contributed by atoms with Gasteiger partial charge in [0.05, 0.1) is 0 Å². The summed E-state index contributed by atoms with van der Waals surface area (Å²) in [6.45, 7) is 1.65. The summed E-state index contributed by atoms with van der Waals surface area (Å²) in [6, 6.07) is 0. The fraction of sp³-hybridized carbons (Fsp3) is 0.750. The SMILES string of the molecule is CCC(Cl)(C=O)C(=O)CC(Cl)CC(=O)CCCCl. The molecule has 0 rings (SSSR count). The van der Waals surface area contributed by atoms with Crippen molar-refractivity contribution in [2.24, 2.45) is 0 Å². The molecule has 0 aromatic heterocycles. The van der Waals surface area contributed by atoms with Crippen LogP contribution in [0.3, 0.4) is 0 Å². The van der Waals surface area contributed by atoms with Gasteiger partial charge in [0.25, 0.3) is 0 Å². The van der Waals surface area contributed by atoms with Gasteiger partial charge < -0.3 is 4.79 Å². The van der Waals surface area contributed by atoms with Gasteiger partial charge in [0.15, 0.2) is 10.7 Å². The molecule has 0 saturated heterocycles. The summed E-state index contributed by atoms with van der Waals surface area (Å²) in [5.41, 5.74) is 0. The van der Waals surface area contributed by atoms with E-state index in [4.69, 9.17) is 34.8 Å². The van der Waals surface area contributed by atoms with Crippen molar-refractivity contribution in [3.05, 3.63) is 0 Å². The highest BCUT2D eigenvalue weighted by molar-refractivity contribution is 6.44.